The number of amides is 1. The second-order valence-electron chi connectivity index (χ2n) is 6.46. The van der Waals surface area contributed by atoms with Crippen molar-refractivity contribution in [1.82, 2.24) is 4.90 Å². The van der Waals surface area contributed by atoms with Gasteiger partial charge in [-0.2, -0.15) is 0 Å². The maximum Gasteiger partial charge on any atom is 0.257 e. The summed E-state index contributed by atoms with van der Waals surface area (Å²) in [7, 11) is 0. The van der Waals surface area contributed by atoms with Crippen LogP contribution in [0.1, 0.15) is 43.1 Å². The Bertz CT molecular complexity index is 555. The van der Waals surface area contributed by atoms with E-state index in [1.54, 1.807) is 17.0 Å². The standard InChI is InChI=1S/C17H22FNO/c1-12-5-6-14(15(18)11-12)16(20)19-9-7-13(8-10-19)17(2,3)4/h5-7,11H,8-10H2,1-4H3. The average Bonchev–Trinajstić information content (AvgIpc) is 2.37. The molecule has 0 N–H and O–H groups in total. The lowest BCUT2D eigenvalue weighted by Gasteiger charge is -2.32. The number of rotatable bonds is 1. The zero-order valence-corrected chi connectivity index (χ0v) is 12.7. The lowest BCUT2D eigenvalue weighted by atomic mass is 9.83. The normalized spacial score (nSPS) is 16.1. The van der Waals surface area contributed by atoms with Crippen molar-refractivity contribution in [3.8, 4) is 0 Å². The second-order valence-corrected chi connectivity index (χ2v) is 6.46. The Morgan fingerprint density at radius 2 is 2.00 bits per heavy atom. The van der Waals surface area contributed by atoms with Crippen molar-refractivity contribution in [2.24, 2.45) is 5.41 Å². The van der Waals surface area contributed by atoms with Gasteiger partial charge < -0.3 is 4.90 Å². The third kappa shape index (κ3) is 3.09. The summed E-state index contributed by atoms with van der Waals surface area (Å²) < 4.78 is 13.9. The highest BCUT2D eigenvalue weighted by molar-refractivity contribution is 5.94. The zero-order chi connectivity index (χ0) is 14.9. The molecule has 2 rings (SSSR count). The molecule has 0 saturated heterocycles. The number of aryl methyl sites for hydroxylation is 1. The molecule has 1 amide bonds. The maximum absolute atomic E-state index is 13.9. The van der Waals surface area contributed by atoms with Gasteiger partial charge in [0.25, 0.3) is 5.91 Å². The monoisotopic (exact) mass is 275 g/mol. The van der Waals surface area contributed by atoms with Crippen LogP contribution in [0.15, 0.2) is 29.8 Å². The average molecular weight is 275 g/mol. The number of carbonyl (C=O) groups excluding carboxylic acids is 1. The molecule has 2 nitrogen and oxygen atoms in total. The van der Waals surface area contributed by atoms with Crippen molar-refractivity contribution in [2.45, 2.75) is 34.1 Å². The van der Waals surface area contributed by atoms with Crippen LogP contribution in [0.5, 0.6) is 0 Å². The molecule has 0 atom stereocenters. The minimum atomic E-state index is -0.430. The minimum absolute atomic E-state index is 0.143. The first kappa shape index (κ1) is 14.8. The van der Waals surface area contributed by atoms with Crippen LogP contribution in [0.25, 0.3) is 0 Å². The maximum atomic E-state index is 13.9. The molecule has 1 aromatic rings. The summed E-state index contributed by atoms with van der Waals surface area (Å²) in [6.45, 7) is 9.58. The van der Waals surface area contributed by atoms with Gasteiger partial charge in [-0.3, -0.25) is 4.79 Å². The molecule has 3 heteroatoms. The van der Waals surface area contributed by atoms with Crippen molar-refractivity contribution < 1.29 is 9.18 Å². The summed E-state index contributed by atoms with van der Waals surface area (Å²) in [5.41, 5.74) is 2.51. The van der Waals surface area contributed by atoms with Crippen molar-refractivity contribution in [1.29, 1.82) is 0 Å². The smallest absolute Gasteiger partial charge is 0.257 e. The Balaban J connectivity index is 2.14. The molecule has 0 fully saturated rings. The van der Waals surface area contributed by atoms with Gasteiger partial charge in [0, 0.05) is 13.1 Å². The molecule has 0 saturated carbocycles. The Morgan fingerprint density at radius 1 is 1.30 bits per heavy atom. The molecule has 1 heterocycles. The van der Waals surface area contributed by atoms with Crippen LogP contribution in [0.2, 0.25) is 0 Å². The Morgan fingerprint density at radius 3 is 2.50 bits per heavy atom. The number of hydrogen-bond acceptors (Lipinski definition) is 1. The van der Waals surface area contributed by atoms with Crippen LogP contribution in [0.4, 0.5) is 4.39 Å². The molecule has 0 radical (unpaired) electrons. The lowest BCUT2D eigenvalue weighted by Crippen LogP contribution is -2.36. The molecule has 1 aliphatic heterocycles. The van der Waals surface area contributed by atoms with E-state index in [9.17, 15) is 9.18 Å². The van der Waals surface area contributed by atoms with Crippen molar-refractivity contribution in [2.75, 3.05) is 13.1 Å². The number of benzene rings is 1. The summed E-state index contributed by atoms with van der Waals surface area (Å²) in [6.07, 6.45) is 2.97. The van der Waals surface area contributed by atoms with E-state index >= 15 is 0 Å². The Labute approximate surface area is 120 Å². The molecule has 1 aliphatic rings. The first-order chi connectivity index (χ1) is 9.29. The molecule has 20 heavy (non-hydrogen) atoms. The molecular weight excluding hydrogens is 253 g/mol. The summed E-state index contributed by atoms with van der Waals surface area (Å²) in [5.74, 6) is -0.646. The van der Waals surface area contributed by atoms with Crippen molar-refractivity contribution >= 4 is 5.91 Å². The number of carbonyl (C=O) groups is 1. The molecule has 108 valence electrons. The molecular formula is C17H22FNO. The topological polar surface area (TPSA) is 20.3 Å². The van der Waals surface area contributed by atoms with Crippen molar-refractivity contribution in [3.05, 3.63) is 46.8 Å². The van der Waals surface area contributed by atoms with Gasteiger partial charge >= 0.3 is 0 Å². The molecule has 0 aromatic heterocycles. The Hall–Kier alpha value is -1.64. The predicted octanol–water partition coefficient (Wildman–Crippen LogP) is 3.95. The quantitative estimate of drug-likeness (QED) is 0.711. The number of nitrogens with zero attached hydrogens (tertiary/aromatic N) is 1. The highest BCUT2D eigenvalue weighted by Gasteiger charge is 2.25. The van der Waals surface area contributed by atoms with Gasteiger partial charge in [-0.25, -0.2) is 4.39 Å². The SMILES string of the molecule is Cc1ccc(C(=O)N2CC=C(C(C)(C)C)CC2)c(F)c1. The van der Waals surface area contributed by atoms with E-state index in [-0.39, 0.29) is 16.9 Å². The van der Waals surface area contributed by atoms with Gasteiger partial charge in [0.1, 0.15) is 5.82 Å². The van der Waals surface area contributed by atoms with Gasteiger partial charge in [-0.05, 0) is 36.5 Å². The molecule has 0 bridgehead atoms. The molecule has 0 aliphatic carbocycles. The van der Waals surface area contributed by atoms with Crippen LogP contribution in [-0.4, -0.2) is 23.9 Å². The van der Waals surface area contributed by atoms with E-state index in [1.807, 2.05) is 6.92 Å². The Kier molecular flexibility index (Phi) is 3.98. The predicted molar refractivity (Wildman–Crippen MR) is 79.2 cm³/mol. The summed E-state index contributed by atoms with van der Waals surface area (Å²) in [4.78, 5) is 14.1. The number of hydrogen-bond donors (Lipinski definition) is 0. The minimum Gasteiger partial charge on any atom is -0.335 e. The highest BCUT2D eigenvalue weighted by Crippen LogP contribution is 2.30. The summed E-state index contributed by atoms with van der Waals surface area (Å²) in [5, 5.41) is 0. The first-order valence-corrected chi connectivity index (χ1v) is 7.04. The van der Waals surface area contributed by atoms with E-state index < -0.39 is 5.82 Å². The van der Waals surface area contributed by atoms with E-state index in [0.717, 1.165) is 12.0 Å². The zero-order valence-electron chi connectivity index (χ0n) is 12.7. The fourth-order valence-corrected chi connectivity index (χ4v) is 2.50. The van der Waals surface area contributed by atoms with Crippen LogP contribution >= 0.6 is 0 Å². The van der Waals surface area contributed by atoms with E-state index in [2.05, 4.69) is 26.8 Å². The fraction of sp³-hybridized carbons (Fsp3) is 0.471. The second kappa shape index (κ2) is 5.39. The van der Waals surface area contributed by atoms with Gasteiger partial charge in [-0.1, -0.05) is 38.5 Å². The molecule has 1 aromatic carbocycles. The van der Waals surface area contributed by atoms with E-state index in [0.29, 0.717) is 13.1 Å². The van der Waals surface area contributed by atoms with Gasteiger partial charge in [0.2, 0.25) is 0 Å². The largest absolute Gasteiger partial charge is 0.335 e. The van der Waals surface area contributed by atoms with Crippen LogP contribution in [0, 0.1) is 18.2 Å². The number of halogens is 1. The molecule has 0 unspecified atom stereocenters. The van der Waals surface area contributed by atoms with Gasteiger partial charge in [0.05, 0.1) is 5.56 Å². The van der Waals surface area contributed by atoms with Crippen LogP contribution in [-0.2, 0) is 0 Å². The van der Waals surface area contributed by atoms with Crippen LogP contribution < -0.4 is 0 Å². The van der Waals surface area contributed by atoms with E-state index in [1.165, 1.54) is 11.6 Å². The fourth-order valence-electron chi connectivity index (χ4n) is 2.50. The summed E-state index contributed by atoms with van der Waals surface area (Å²) >= 11 is 0. The summed E-state index contributed by atoms with van der Waals surface area (Å²) in [6, 6.07) is 4.76. The first-order valence-electron chi connectivity index (χ1n) is 7.04. The van der Waals surface area contributed by atoms with Gasteiger partial charge in [0.15, 0.2) is 0 Å². The lowest BCUT2D eigenvalue weighted by molar-refractivity contribution is 0.0760. The third-order valence-corrected chi connectivity index (χ3v) is 3.81. The van der Waals surface area contributed by atoms with Gasteiger partial charge in [-0.15, -0.1) is 0 Å². The third-order valence-electron chi connectivity index (χ3n) is 3.81. The van der Waals surface area contributed by atoms with Crippen LogP contribution in [0.3, 0.4) is 0 Å². The van der Waals surface area contributed by atoms with E-state index in [4.69, 9.17) is 0 Å². The molecule has 0 spiro atoms. The van der Waals surface area contributed by atoms with Crippen molar-refractivity contribution in [3.63, 3.8) is 0 Å². The highest BCUT2D eigenvalue weighted by atomic mass is 19.1.